The molecule has 2 rings (SSSR count). The fourth-order valence-electron chi connectivity index (χ4n) is 2.80. The van der Waals surface area contributed by atoms with Crippen LogP contribution in [-0.2, 0) is 9.59 Å². The molecular weight excluding hydrogens is 272 g/mol. The molecule has 0 aromatic carbocycles. The molecule has 2 saturated heterocycles. The van der Waals surface area contributed by atoms with Crippen molar-refractivity contribution in [2.24, 2.45) is 0 Å². The highest BCUT2D eigenvalue weighted by Crippen LogP contribution is 2.19. The maximum atomic E-state index is 12.4. The molecule has 0 saturated carbocycles. The minimum Gasteiger partial charge on any atom is -0.391 e. The summed E-state index contributed by atoms with van der Waals surface area (Å²) in [5, 5.41) is 13.0. The number of piperazine rings is 2. The highest BCUT2D eigenvalue weighted by Gasteiger charge is 2.38. The van der Waals surface area contributed by atoms with Crippen molar-refractivity contribution >= 4 is 11.8 Å². The Morgan fingerprint density at radius 2 is 2.10 bits per heavy atom. The molecule has 0 bridgehead atoms. The number of nitrogens with one attached hydrogen (secondary N) is 1. The number of likely N-dealkylation sites (N-methyl/N-ethyl adjacent to an activating group) is 1. The van der Waals surface area contributed by atoms with Crippen LogP contribution in [0.1, 0.15) is 6.92 Å². The van der Waals surface area contributed by atoms with Crippen LogP contribution in [-0.4, -0.2) is 90.1 Å². The van der Waals surface area contributed by atoms with E-state index in [1.54, 1.807) is 23.8 Å². The van der Waals surface area contributed by atoms with Crippen molar-refractivity contribution in [2.45, 2.75) is 19.1 Å². The molecule has 2 aliphatic heterocycles. The fourth-order valence-corrected chi connectivity index (χ4v) is 2.80. The van der Waals surface area contributed by atoms with Gasteiger partial charge >= 0.3 is 0 Å². The number of carbonyl (C=O) groups excluding carboxylic acids is 2. The standard InChI is InChI=1S/C14H24N4O3/c1-10-8-18(14(21)13(11(2)19)16(10)3)9-12(20)17-6-4-15-5-7-17/h11,13,15,19H,1,4-9H2,2-3H3/t11?,13-/m0/s1. The van der Waals surface area contributed by atoms with Gasteiger partial charge in [-0.15, -0.1) is 0 Å². The summed E-state index contributed by atoms with van der Waals surface area (Å²) in [6.07, 6.45) is -0.809. The molecule has 2 fully saturated rings. The SMILES string of the molecule is C=C1CN(CC(=O)N2CCNCC2)C(=O)[C@H](C(C)O)N1C. The van der Waals surface area contributed by atoms with Gasteiger partial charge in [-0.1, -0.05) is 6.58 Å². The van der Waals surface area contributed by atoms with Gasteiger partial charge in [0.25, 0.3) is 0 Å². The quantitative estimate of drug-likeness (QED) is 0.660. The first-order valence-electron chi connectivity index (χ1n) is 7.27. The van der Waals surface area contributed by atoms with E-state index < -0.39 is 12.1 Å². The largest absolute Gasteiger partial charge is 0.391 e. The average molecular weight is 296 g/mol. The lowest BCUT2D eigenvalue weighted by Crippen LogP contribution is -2.60. The van der Waals surface area contributed by atoms with Gasteiger partial charge in [-0.2, -0.15) is 0 Å². The lowest BCUT2D eigenvalue weighted by atomic mass is 10.1. The summed E-state index contributed by atoms with van der Waals surface area (Å²) in [7, 11) is 1.74. The first-order valence-corrected chi connectivity index (χ1v) is 7.27. The number of aliphatic hydroxyl groups is 1. The zero-order valence-corrected chi connectivity index (χ0v) is 12.7. The van der Waals surface area contributed by atoms with Gasteiger partial charge in [0, 0.05) is 38.9 Å². The second-order valence-electron chi connectivity index (χ2n) is 5.69. The zero-order valence-electron chi connectivity index (χ0n) is 12.7. The molecule has 2 amide bonds. The van der Waals surface area contributed by atoms with Gasteiger partial charge in [-0.05, 0) is 6.92 Å². The van der Waals surface area contributed by atoms with Gasteiger partial charge in [0.1, 0.15) is 12.6 Å². The van der Waals surface area contributed by atoms with E-state index in [9.17, 15) is 14.7 Å². The average Bonchev–Trinajstić information content (AvgIpc) is 2.45. The predicted molar refractivity (Wildman–Crippen MR) is 78.4 cm³/mol. The van der Waals surface area contributed by atoms with E-state index >= 15 is 0 Å². The molecule has 21 heavy (non-hydrogen) atoms. The van der Waals surface area contributed by atoms with E-state index in [0.717, 1.165) is 18.8 Å². The summed E-state index contributed by atoms with van der Waals surface area (Å²) >= 11 is 0. The van der Waals surface area contributed by atoms with Crippen LogP contribution in [0.2, 0.25) is 0 Å². The topological polar surface area (TPSA) is 76.1 Å². The molecule has 2 aliphatic rings. The second kappa shape index (κ2) is 6.44. The molecule has 0 radical (unpaired) electrons. The number of carbonyl (C=O) groups is 2. The molecule has 0 aromatic heterocycles. The summed E-state index contributed by atoms with van der Waals surface area (Å²) < 4.78 is 0. The first kappa shape index (κ1) is 15.8. The molecule has 7 heteroatoms. The lowest BCUT2D eigenvalue weighted by Gasteiger charge is -2.42. The van der Waals surface area contributed by atoms with E-state index in [1.807, 2.05) is 0 Å². The number of hydrogen-bond donors (Lipinski definition) is 2. The van der Waals surface area contributed by atoms with Gasteiger partial charge in [-0.25, -0.2) is 0 Å². The van der Waals surface area contributed by atoms with Crippen LogP contribution < -0.4 is 5.32 Å². The summed E-state index contributed by atoms with van der Waals surface area (Å²) in [4.78, 5) is 29.7. The predicted octanol–water partition coefficient (Wildman–Crippen LogP) is -1.54. The third-order valence-corrected chi connectivity index (χ3v) is 4.11. The Balaban J connectivity index is 2.03. The van der Waals surface area contributed by atoms with E-state index in [0.29, 0.717) is 19.6 Å². The van der Waals surface area contributed by atoms with Gasteiger partial charge in [0.05, 0.1) is 12.6 Å². The molecule has 0 aliphatic carbocycles. The Kier molecular flexibility index (Phi) is 4.84. The zero-order chi connectivity index (χ0) is 15.6. The number of hydrogen-bond acceptors (Lipinski definition) is 5. The first-order chi connectivity index (χ1) is 9.91. The van der Waals surface area contributed by atoms with Crippen LogP contribution in [0, 0.1) is 0 Å². The van der Waals surface area contributed by atoms with Crippen LogP contribution in [0.25, 0.3) is 0 Å². The van der Waals surface area contributed by atoms with Crippen molar-refractivity contribution in [3.63, 3.8) is 0 Å². The number of amides is 2. The molecular formula is C14H24N4O3. The highest BCUT2D eigenvalue weighted by atomic mass is 16.3. The minimum atomic E-state index is -0.809. The molecule has 0 spiro atoms. The van der Waals surface area contributed by atoms with Crippen molar-refractivity contribution < 1.29 is 14.7 Å². The summed E-state index contributed by atoms with van der Waals surface area (Å²) in [6.45, 7) is 8.78. The summed E-state index contributed by atoms with van der Waals surface area (Å²) in [5.41, 5.74) is 0.730. The van der Waals surface area contributed by atoms with Crippen molar-refractivity contribution in [1.82, 2.24) is 20.0 Å². The molecule has 1 unspecified atom stereocenters. The van der Waals surface area contributed by atoms with Gasteiger partial charge in [-0.3, -0.25) is 9.59 Å². The molecule has 2 heterocycles. The highest BCUT2D eigenvalue weighted by molar-refractivity contribution is 5.89. The van der Waals surface area contributed by atoms with Crippen molar-refractivity contribution in [3.05, 3.63) is 12.3 Å². The van der Waals surface area contributed by atoms with Crippen LogP contribution in [0.4, 0.5) is 0 Å². The van der Waals surface area contributed by atoms with Crippen molar-refractivity contribution in [2.75, 3.05) is 46.3 Å². The monoisotopic (exact) mass is 296 g/mol. The van der Waals surface area contributed by atoms with Crippen LogP contribution in [0.15, 0.2) is 12.3 Å². The van der Waals surface area contributed by atoms with Gasteiger partial charge in [0.2, 0.25) is 11.8 Å². The maximum absolute atomic E-state index is 12.4. The van der Waals surface area contributed by atoms with Crippen LogP contribution >= 0.6 is 0 Å². The van der Waals surface area contributed by atoms with E-state index in [2.05, 4.69) is 11.9 Å². The number of aliphatic hydroxyl groups excluding tert-OH is 1. The minimum absolute atomic E-state index is 0.0495. The maximum Gasteiger partial charge on any atom is 0.248 e. The molecule has 0 aromatic rings. The number of rotatable bonds is 3. The lowest BCUT2D eigenvalue weighted by molar-refractivity contribution is -0.148. The summed E-state index contributed by atoms with van der Waals surface area (Å²) in [5.74, 6) is -0.269. The smallest absolute Gasteiger partial charge is 0.248 e. The number of nitrogens with zero attached hydrogens (tertiary/aromatic N) is 3. The van der Waals surface area contributed by atoms with E-state index in [1.165, 1.54) is 4.90 Å². The van der Waals surface area contributed by atoms with Crippen LogP contribution in [0.5, 0.6) is 0 Å². The summed E-state index contributed by atoms with van der Waals surface area (Å²) in [6, 6.07) is -0.665. The van der Waals surface area contributed by atoms with E-state index in [4.69, 9.17) is 0 Å². The Bertz CT molecular complexity index is 432. The third kappa shape index (κ3) is 3.36. The Labute approximate surface area is 125 Å². The second-order valence-corrected chi connectivity index (χ2v) is 5.69. The van der Waals surface area contributed by atoms with E-state index in [-0.39, 0.29) is 18.4 Å². The van der Waals surface area contributed by atoms with Crippen molar-refractivity contribution in [1.29, 1.82) is 0 Å². The Morgan fingerprint density at radius 3 is 2.67 bits per heavy atom. The van der Waals surface area contributed by atoms with Crippen LogP contribution in [0.3, 0.4) is 0 Å². The normalized spacial score (nSPS) is 25.3. The molecule has 2 atom stereocenters. The van der Waals surface area contributed by atoms with Gasteiger partial charge in [0.15, 0.2) is 0 Å². The molecule has 118 valence electrons. The molecule has 7 nitrogen and oxygen atoms in total. The Hall–Kier alpha value is -1.60. The molecule has 2 N–H and O–H groups in total. The Morgan fingerprint density at radius 1 is 1.48 bits per heavy atom. The third-order valence-electron chi connectivity index (χ3n) is 4.11. The van der Waals surface area contributed by atoms with Gasteiger partial charge < -0.3 is 25.1 Å². The fraction of sp³-hybridized carbons (Fsp3) is 0.714. The van der Waals surface area contributed by atoms with Crippen molar-refractivity contribution in [3.8, 4) is 0 Å².